The lowest BCUT2D eigenvalue weighted by Gasteiger charge is -2.33. The van der Waals surface area contributed by atoms with Crippen molar-refractivity contribution in [1.29, 1.82) is 0 Å². The smallest absolute Gasteiger partial charge is 0.343 e. The second-order valence-electron chi connectivity index (χ2n) is 6.09. The zero-order valence-corrected chi connectivity index (χ0v) is 13.3. The molecule has 1 unspecified atom stereocenters. The molecule has 0 aromatic heterocycles. The van der Waals surface area contributed by atoms with Gasteiger partial charge in [0, 0.05) is 19.5 Å². The van der Waals surface area contributed by atoms with Crippen molar-refractivity contribution in [3.05, 3.63) is 35.9 Å². The van der Waals surface area contributed by atoms with E-state index in [0.29, 0.717) is 19.0 Å². The van der Waals surface area contributed by atoms with Gasteiger partial charge in [-0.2, -0.15) is 13.2 Å². The highest BCUT2D eigenvalue weighted by Gasteiger charge is 2.42. The van der Waals surface area contributed by atoms with Crippen LogP contribution >= 0.6 is 0 Å². The van der Waals surface area contributed by atoms with Crippen molar-refractivity contribution in [1.82, 2.24) is 10.2 Å². The molecular weight excluding hydrogens is 305 g/mol. The Morgan fingerprint density at radius 3 is 2.39 bits per heavy atom. The van der Waals surface area contributed by atoms with Crippen molar-refractivity contribution in [2.75, 3.05) is 26.7 Å². The Bertz CT molecular complexity index is 496. The van der Waals surface area contributed by atoms with Crippen molar-refractivity contribution >= 4 is 5.91 Å². The molecule has 1 heterocycles. The third-order valence-corrected chi connectivity index (χ3v) is 4.44. The average molecular weight is 328 g/mol. The number of nitrogens with one attached hydrogen (secondary N) is 1. The van der Waals surface area contributed by atoms with Gasteiger partial charge in [0.1, 0.15) is 0 Å². The molecule has 1 atom stereocenters. The van der Waals surface area contributed by atoms with E-state index in [0.717, 1.165) is 19.4 Å². The molecule has 1 aromatic rings. The lowest BCUT2D eigenvalue weighted by Crippen LogP contribution is -2.41. The highest BCUT2D eigenvalue weighted by molar-refractivity contribution is 5.77. The maximum atomic E-state index is 13.3. The van der Waals surface area contributed by atoms with Crippen molar-refractivity contribution in [2.45, 2.75) is 31.4 Å². The molecule has 1 aliphatic heterocycles. The standard InChI is InChI=1S/C17H23F3N2O/c1-21-12-13-7-9-22(10-8-13)16(23)11-15(17(18,19)20)14-5-3-2-4-6-14/h2-6,13,15,21H,7-12H2,1H3. The molecule has 128 valence electrons. The van der Waals surface area contributed by atoms with Crippen LogP contribution in [0.25, 0.3) is 0 Å². The van der Waals surface area contributed by atoms with Gasteiger partial charge in [-0.15, -0.1) is 0 Å². The van der Waals surface area contributed by atoms with Crippen LogP contribution in [0.2, 0.25) is 0 Å². The molecule has 1 aromatic carbocycles. The second-order valence-corrected chi connectivity index (χ2v) is 6.09. The number of nitrogens with zero attached hydrogens (tertiary/aromatic N) is 1. The minimum absolute atomic E-state index is 0.151. The first-order valence-corrected chi connectivity index (χ1v) is 7.96. The van der Waals surface area contributed by atoms with Crippen molar-refractivity contribution < 1.29 is 18.0 Å². The molecule has 0 aliphatic carbocycles. The monoisotopic (exact) mass is 328 g/mol. The third-order valence-electron chi connectivity index (χ3n) is 4.44. The van der Waals surface area contributed by atoms with Crippen LogP contribution in [0, 0.1) is 5.92 Å². The second kappa shape index (κ2) is 7.81. The van der Waals surface area contributed by atoms with Crippen molar-refractivity contribution in [2.24, 2.45) is 5.92 Å². The molecule has 0 saturated carbocycles. The molecule has 2 rings (SSSR count). The number of halogens is 3. The van der Waals surface area contributed by atoms with E-state index in [-0.39, 0.29) is 5.56 Å². The Kier molecular flexibility index (Phi) is 6.04. The fraction of sp³-hybridized carbons (Fsp3) is 0.588. The molecule has 1 fully saturated rings. The van der Waals surface area contributed by atoms with Gasteiger partial charge in [-0.1, -0.05) is 30.3 Å². The molecule has 23 heavy (non-hydrogen) atoms. The minimum Gasteiger partial charge on any atom is -0.343 e. The number of hydrogen-bond donors (Lipinski definition) is 1. The number of piperidine rings is 1. The molecule has 1 aliphatic rings. The summed E-state index contributed by atoms with van der Waals surface area (Å²) in [5.41, 5.74) is 0.151. The Morgan fingerprint density at radius 1 is 1.26 bits per heavy atom. The average Bonchev–Trinajstić information content (AvgIpc) is 2.53. The van der Waals surface area contributed by atoms with E-state index in [4.69, 9.17) is 0 Å². The summed E-state index contributed by atoms with van der Waals surface area (Å²) in [6.07, 6.45) is -3.24. The largest absolute Gasteiger partial charge is 0.396 e. The first-order valence-electron chi connectivity index (χ1n) is 7.96. The normalized spacial score (nSPS) is 18.0. The van der Waals surface area contributed by atoms with Gasteiger partial charge in [-0.05, 0) is 37.9 Å². The minimum atomic E-state index is -4.42. The first kappa shape index (κ1) is 17.8. The number of carbonyl (C=O) groups excluding carboxylic acids is 1. The maximum absolute atomic E-state index is 13.3. The Labute approximate surface area is 134 Å². The van der Waals surface area contributed by atoms with Crippen molar-refractivity contribution in [3.63, 3.8) is 0 Å². The number of likely N-dealkylation sites (tertiary alicyclic amines) is 1. The molecular formula is C17H23F3N2O. The van der Waals surface area contributed by atoms with Crippen LogP contribution in [0.15, 0.2) is 30.3 Å². The number of hydrogen-bond acceptors (Lipinski definition) is 2. The van der Waals surface area contributed by atoms with Gasteiger partial charge >= 0.3 is 6.18 Å². The van der Waals surface area contributed by atoms with E-state index < -0.39 is 24.4 Å². The third kappa shape index (κ3) is 4.96. The van der Waals surface area contributed by atoms with Crippen LogP contribution in [0.3, 0.4) is 0 Å². The Balaban J connectivity index is 1.99. The summed E-state index contributed by atoms with van der Waals surface area (Å²) in [5.74, 6) is -1.64. The number of amides is 1. The van der Waals surface area contributed by atoms with E-state index in [1.165, 1.54) is 12.1 Å². The van der Waals surface area contributed by atoms with Crippen LogP contribution in [-0.2, 0) is 4.79 Å². The van der Waals surface area contributed by atoms with E-state index in [1.54, 1.807) is 23.1 Å². The van der Waals surface area contributed by atoms with Crippen LogP contribution in [0.1, 0.15) is 30.7 Å². The lowest BCUT2D eigenvalue weighted by atomic mass is 9.92. The topological polar surface area (TPSA) is 32.3 Å². The van der Waals surface area contributed by atoms with Gasteiger partial charge in [0.2, 0.25) is 5.91 Å². The predicted molar refractivity (Wildman–Crippen MR) is 83.1 cm³/mol. The van der Waals surface area contributed by atoms with Gasteiger partial charge in [-0.25, -0.2) is 0 Å². The number of benzene rings is 1. The fourth-order valence-corrected chi connectivity index (χ4v) is 3.09. The van der Waals surface area contributed by atoms with Crippen LogP contribution in [0.5, 0.6) is 0 Å². The van der Waals surface area contributed by atoms with E-state index >= 15 is 0 Å². The highest BCUT2D eigenvalue weighted by atomic mass is 19.4. The lowest BCUT2D eigenvalue weighted by molar-refractivity contribution is -0.161. The summed E-state index contributed by atoms with van der Waals surface area (Å²) < 4.78 is 40.0. The van der Waals surface area contributed by atoms with Gasteiger partial charge in [0.05, 0.1) is 5.92 Å². The quantitative estimate of drug-likeness (QED) is 0.900. The maximum Gasteiger partial charge on any atom is 0.396 e. The summed E-state index contributed by atoms with van der Waals surface area (Å²) >= 11 is 0. The van der Waals surface area contributed by atoms with Crippen molar-refractivity contribution in [3.8, 4) is 0 Å². The molecule has 3 nitrogen and oxygen atoms in total. The molecule has 1 N–H and O–H groups in total. The zero-order valence-electron chi connectivity index (χ0n) is 13.3. The molecule has 0 bridgehead atoms. The summed E-state index contributed by atoms with van der Waals surface area (Å²) in [7, 11) is 1.88. The van der Waals surface area contributed by atoms with Gasteiger partial charge in [-0.3, -0.25) is 4.79 Å². The van der Waals surface area contributed by atoms with Gasteiger partial charge in [0.15, 0.2) is 0 Å². The van der Waals surface area contributed by atoms with E-state index in [9.17, 15) is 18.0 Å². The Hall–Kier alpha value is -1.56. The number of carbonyl (C=O) groups is 1. The van der Waals surface area contributed by atoms with Gasteiger partial charge in [0.25, 0.3) is 0 Å². The highest BCUT2D eigenvalue weighted by Crippen LogP contribution is 2.38. The molecule has 1 saturated heterocycles. The number of rotatable bonds is 5. The number of alkyl halides is 3. The van der Waals surface area contributed by atoms with Gasteiger partial charge < -0.3 is 10.2 Å². The van der Waals surface area contributed by atoms with E-state index in [2.05, 4.69) is 5.32 Å². The van der Waals surface area contributed by atoms with E-state index in [1.807, 2.05) is 7.05 Å². The van der Waals surface area contributed by atoms with Crippen LogP contribution in [0.4, 0.5) is 13.2 Å². The zero-order chi connectivity index (χ0) is 16.9. The summed E-state index contributed by atoms with van der Waals surface area (Å²) in [6, 6.07) is 7.68. The fourth-order valence-electron chi connectivity index (χ4n) is 3.09. The molecule has 0 spiro atoms. The summed E-state index contributed by atoms with van der Waals surface area (Å²) in [4.78, 5) is 13.9. The van der Waals surface area contributed by atoms with Crippen LogP contribution in [-0.4, -0.2) is 43.7 Å². The molecule has 6 heteroatoms. The summed E-state index contributed by atoms with van der Waals surface area (Å²) in [5, 5.41) is 3.10. The van der Waals surface area contributed by atoms with Crippen LogP contribution < -0.4 is 5.32 Å². The first-order chi connectivity index (χ1) is 10.9. The molecule has 1 amide bonds. The molecule has 0 radical (unpaired) electrons. The SMILES string of the molecule is CNCC1CCN(C(=O)CC(c2ccccc2)C(F)(F)F)CC1. The Morgan fingerprint density at radius 2 is 1.87 bits per heavy atom. The predicted octanol–water partition coefficient (Wildman–Crippen LogP) is 3.18. The summed E-state index contributed by atoms with van der Waals surface area (Å²) in [6.45, 7) is 1.98.